The summed E-state index contributed by atoms with van der Waals surface area (Å²) in [5.74, 6) is 0. The molecule has 3 heteroatoms. The van der Waals surface area contributed by atoms with Gasteiger partial charge in [-0.25, -0.2) is 0 Å². The van der Waals surface area contributed by atoms with Crippen LogP contribution in [0.3, 0.4) is 0 Å². The molecule has 0 aliphatic carbocycles. The van der Waals surface area contributed by atoms with Crippen LogP contribution in [0, 0.1) is 11.3 Å². The van der Waals surface area contributed by atoms with E-state index in [-0.39, 0.29) is 5.41 Å². The van der Waals surface area contributed by atoms with Crippen molar-refractivity contribution in [3.63, 3.8) is 0 Å². The Morgan fingerprint density at radius 2 is 1.19 bits per heavy atom. The highest BCUT2D eigenvalue weighted by atomic mass is 15.2. The Labute approximate surface area is 211 Å². The highest BCUT2D eigenvalue weighted by molar-refractivity contribution is 5.92. The summed E-state index contributed by atoms with van der Waals surface area (Å²) in [6, 6.07) is 40.4. The van der Waals surface area contributed by atoms with Crippen LogP contribution in [0.1, 0.15) is 30.5 Å². The van der Waals surface area contributed by atoms with Crippen LogP contribution in [0.4, 0.5) is 17.1 Å². The minimum absolute atomic E-state index is 0.0889. The Hall–Kier alpha value is -4.68. The van der Waals surface area contributed by atoms with E-state index < -0.39 is 0 Å². The standard InChI is InChI=1S/C33H25N3/c1-33(2)27-10-4-7-13-31(27)36(32-14-8-5-11-28(32)33)30-12-6-3-9-26(30)24-16-18-25(19-17-24)29-20-15-23(21-34)22-35-29/h3-20,22H,1-2H3. The maximum Gasteiger partial charge on any atom is 0.101 e. The molecule has 5 aromatic rings. The van der Waals surface area contributed by atoms with Gasteiger partial charge in [-0.15, -0.1) is 0 Å². The highest BCUT2D eigenvalue weighted by Gasteiger charge is 2.36. The van der Waals surface area contributed by atoms with Gasteiger partial charge in [-0.3, -0.25) is 4.98 Å². The first-order valence-electron chi connectivity index (χ1n) is 12.1. The second-order valence-corrected chi connectivity index (χ2v) is 9.63. The molecule has 0 saturated carbocycles. The van der Waals surface area contributed by atoms with E-state index in [2.05, 4.69) is 127 Å². The number of benzene rings is 4. The summed E-state index contributed by atoms with van der Waals surface area (Å²) < 4.78 is 0. The Balaban J connectivity index is 1.48. The monoisotopic (exact) mass is 463 g/mol. The van der Waals surface area contributed by atoms with Gasteiger partial charge in [0, 0.05) is 22.7 Å². The fourth-order valence-corrected chi connectivity index (χ4v) is 5.29. The number of fused-ring (bicyclic) bond motifs is 2. The lowest BCUT2D eigenvalue weighted by Gasteiger charge is -2.42. The van der Waals surface area contributed by atoms with Crippen molar-refractivity contribution in [1.29, 1.82) is 5.26 Å². The molecule has 0 N–H and O–H groups in total. The van der Waals surface area contributed by atoms with Gasteiger partial charge in [0.05, 0.1) is 28.3 Å². The lowest BCUT2D eigenvalue weighted by Crippen LogP contribution is -2.30. The molecule has 0 amide bonds. The SMILES string of the molecule is CC1(C)c2ccccc2N(c2ccccc2-c2ccc(-c3ccc(C#N)cn3)cc2)c2ccccc21. The number of aromatic nitrogens is 1. The van der Waals surface area contributed by atoms with Crippen molar-refractivity contribution in [2.45, 2.75) is 19.3 Å². The van der Waals surface area contributed by atoms with E-state index in [1.807, 2.05) is 6.07 Å². The van der Waals surface area contributed by atoms with Crippen LogP contribution in [0.5, 0.6) is 0 Å². The van der Waals surface area contributed by atoms with Gasteiger partial charge in [0.2, 0.25) is 0 Å². The van der Waals surface area contributed by atoms with Gasteiger partial charge >= 0.3 is 0 Å². The summed E-state index contributed by atoms with van der Waals surface area (Å²) in [4.78, 5) is 6.85. The summed E-state index contributed by atoms with van der Waals surface area (Å²) in [5.41, 5.74) is 10.9. The molecule has 0 atom stereocenters. The maximum absolute atomic E-state index is 9.05. The maximum atomic E-state index is 9.05. The van der Waals surface area contributed by atoms with E-state index in [1.54, 1.807) is 12.3 Å². The van der Waals surface area contributed by atoms with Crippen molar-refractivity contribution in [3.05, 3.63) is 132 Å². The van der Waals surface area contributed by atoms with Crippen LogP contribution >= 0.6 is 0 Å². The van der Waals surface area contributed by atoms with Crippen LogP contribution in [0.15, 0.2) is 115 Å². The lowest BCUT2D eigenvalue weighted by atomic mass is 9.73. The number of hydrogen-bond acceptors (Lipinski definition) is 3. The number of hydrogen-bond donors (Lipinski definition) is 0. The Morgan fingerprint density at radius 1 is 0.639 bits per heavy atom. The van der Waals surface area contributed by atoms with Crippen LogP contribution in [0.2, 0.25) is 0 Å². The zero-order chi connectivity index (χ0) is 24.7. The number of para-hydroxylation sites is 3. The normalized spacial score (nSPS) is 13.4. The van der Waals surface area contributed by atoms with Gasteiger partial charge in [0.25, 0.3) is 0 Å². The largest absolute Gasteiger partial charge is 0.309 e. The number of pyridine rings is 1. The topological polar surface area (TPSA) is 39.9 Å². The minimum atomic E-state index is -0.0889. The molecule has 3 nitrogen and oxygen atoms in total. The van der Waals surface area contributed by atoms with Crippen LogP contribution in [0.25, 0.3) is 22.4 Å². The van der Waals surface area contributed by atoms with E-state index in [0.717, 1.165) is 22.5 Å². The smallest absolute Gasteiger partial charge is 0.101 e. The molecular formula is C33H25N3. The molecule has 1 aliphatic heterocycles. The molecule has 4 aromatic carbocycles. The molecule has 0 bridgehead atoms. The molecule has 172 valence electrons. The summed E-state index contributed by atoms with van der Waals surface area (Å²) in [6.07, 6.45) is 1.62. The lowest BCUT2D eigenvalue weighted by molar-refractivity contribution is 0.632. The van der Waals surface area contributed by atoms with E-state index in [1.165, 1.54) is 28.1 Å². The molecular weight excluding hydrogens is 438 g/mol. The molecule has 1 aliphatic rings. The summed E-state index contributed by atoms with van der Waals surface area (Å²) >= 11 is 0. The van der Waals surface area contributed by atoms with Crippen molar-refractivity contribution in [2.24, 2.45) is 0 Å². The van der Waals surface area contributed by atoms with Gasteiger partial charge in [-0.05, 0) is 47.0 Å². The first-order valence-corrected chi connectivity index (χ1v) is 12.1. The molecule has 2 heterocycles. The van der Waals surface area contributed by atoms with Crippen molar-refractivity contribution in [1.82, 2.24) is 4.98 Å². The third-order valence-electron chi connectivity index (χ3n) is 7.17. The van der Waals surface area contributed by atoms with Gasteiger partial charge in [0.15, 0.2) is 0 Å². The summed E-state index contributed by atoms with van der Waals surface area (Å²) in [7, 11) is 0. The van der Waals surface area contributed by atoms with E-state index >= 15 is 0 Å². The third kappa shape index (κ3) is 3.47. The van der Waals surface area contributed by atoms with Crippen LogP contribution < -0.4 is 4.90 Å². The van der Waals surface area contributed by atoms with Gasteiger partial charge < -0.3 is 4.90 Å². The Kier molecular flexibility index (Phi) is 5.16. The second kappa shape index (κ2) is 8.52. The highest BCUT2D eigenvalue weighted by Crippen LogP contribution is 2.53. The Bertz CT molecular complexity index is 1560. The fraction of sp³-hybridized carbons (Fsp3) is 0.0909. The molecule has 0 saturated heterocycles. The van der Waals surface area contributed by atoms with E-state index in [4.69, 9.17) is 5.26 Å². The van der Waals surface area contributed by atoms with Crippen LogP contribution in [-0.2, 0) is 5.41 Å². The third-order valence-corrected chi connectivity index (χ3v) is 7.17. The zero-order valence-electron chi connectivity index (χ0n) is 20.3. The summed E-state index contributed by atoms with van der Waals surface area (Å²) in [5, 5.41) is 9.05. The van der Waals surface area contributed by atoms with Gasteiger partial charge in [-0.2, -0.15) is 5.26 Å². The molecule has 0 unspecified atom stereocenters. The molecule has 36 heavy (non-hydrogen) atoms. The van der Waals surface area contributed by atoms with Crippen LogP contribution in [-0.4, -0.2) is 4.98 Å². The molecule has 0 radical (unpaired) electrons. The van der Waals surface area contributed by atoms with E-state index in [9.17, 15) is 0 Å². The van der Waals surface area contributed by atoms with Crippen molar-refractivity contribution >= 4 is 17.1 Å². The van der Waals surface area contributed by atoms with Gasteiger partial charge in [0.1, 0.15) is 6.07 Å². The van der Waals surface area contributed by atoms with Crippen molar-refractivity contribution in [2.75, 3.05) is 4.90 Å². The van der Waals surface area contributed by atoms with Gasteiger partial charge in [-0.1, -0.05) is 92.7 Å². The van der Waals surface area contributed by atoms with E-state index in [0.29, 0.717) is 5.56 Å². The molecule has 6 rings (SSSR count). The number of rotatable bonds is 3. The molecule has 0 fully saturated rings. The average Bonchev–Trinajstić information content (AvgIpc) is 2.94. The Morgan fingerprint density at radius 3 is 1.78 bits per heavy atom. The molecule has 0 spiro atoms. The number of nitrogens with zero attached hydrogens (tertiary/aromatic N) is 3. The van der Waals surface area contributed by atoms with Crippen molar-refractivity contribution < 1.29 is 0 Å². The zero-order valence-corrected chi connectivity index (χ0v) is 20.3. The average molecular weight is 464 g/mol. The fourth-order valence-electron chi connectivity index (χ4n) is 5.29. The second-order valence-electron chi connectivity index (χ2n) is 9.63. The minimum Gasteiger partial charge on any atom is -0.309 e. The van der Waals surface area contributed by atoms with Crippen molar-refractivity contribution in [3.8, 4) is 28.5 Å². The predicted octanol–water partition coefficient (Wildman–Crippen LogP) is 8.40. The quantitative estimate of drug-likeness (QED) is 0.270. The molecule has 1 aromatic heterocycles. The first kappa shape index (κ1) is 21.8. The first-order chi connectivity index (χ1) is 17.6. The number of anilines is 3. The predicted molar refractivity (Wildman–Crippen MR) is 147 cm³/mol. The number of nitriles is 1. The summed E-state index contributed by atoms with van der Waals surface area (Å²) in [6.45, 7) is 4.62.